The summed E-state index contributed by atoms with van der Waals surface area (Å²) in [4.78, 5) is 37.3. The van der Waals surface area contributed by atoms with Gasteiger partial charge >= 0.3 is 5.69 Å². The van der Waals surface area contributed by atoms with Crippen molar-refractivity contribution in [1.29, 1.82) is 0 Å². The summed E-state index contributed by atoms with van der Waals surface area (Å²) in [5, 5.41) is 1.16. The third-order valence-electron chi connectivity index (χ3n) is 5.23. The van der Waals surface area contributed by atoms with Gasteiger partial charge in [0.2, 0.25) is 0 Å². The van der Waals surface area contributed by atoms with Crippen LogP contribution in [-0.2, 0) is 40.0 Å². The van der Waals surface area contributed by atoms with E-state index in [1.807, 2.05) is 15.9 Å². The number of fused-ring (bicyclic) bond motifs is 2. The van der Waals surface area contributed by atoms with Gasteiger partial charge in [-0.25, -0.2) is 14.8 Å². The number of aromatic nitrogens is 5. The van der Waals surface area contributed by atoms with Crippen molar-refractivity contribution in [2.24, 2.45) is 14.1 Å². The largest absolute Gasteiger partial charge is 0.332 e. The number of hydrogen-bond acceptors (Lipinski definition) is 6. The van der Waals surface area contributed by atoms with E-state index < -0.39 is 0 Å². The van der Waals surface area contributed by atoms with E-state index in [-0.39, 0.29) is 11.2 Å². The molecule has 0 spiro atoms. The minimum Gasteiger partial charge on any atom is -0.323 e. The Labute approximate surface area is 160 Å². The van der Waals surface area contributed by atoms with E-state index in [4.69, 9.17) is 4.98 Å². The molecule has 0 aliphatic heterocycles. The fraction of sp³-hybridized carbons (Fsp3) is 0.556. The van der Waals surface area contributed by atoms with Crippen LogP contribution in [0.1, 0.15) is 28.4 Å². The normalized spacial score (nSPS) is 14.2. The van der Waals surface area contributed by atoms with Gasteiger partial charge in [0.25, 0.3) is 5.56 Å². The first-order valence-electron chi connectivity index (χ1n) is 9.22. The lowest BCUT2D eigenvalue weighted by Crippen LogP contribution is -2.37. The maximum atomic E-state index is 12.5. The molecule has 0 fully saturated rings. The lowest BCUT2D eigenvalue weighted by atomic mass is 10.0. The van der Waals surface area contributed by atoms with Crippen LogP contribution >= 0.6 is 11.3 Å². The molecule has 27 heavy (non-hydrogen) atoms. The molecule has 0 unspecified atom stereocenters. The molecular formula is C18H24N6O2S. The van der Waals surface area contributed by atoms with Crippen LogP contribution in [0, 0.1) is 0 Å². The third kappa shape index (κ3) is 3.25. The summed E-state index contributed by atoms with van der Waals surface area (Å²) in [6.45, 7) is 2.20. The first kappa shape index (κ1) is 18.1. The van der Waals surface area contributed by atoms with Gasteiger partial charge < -0.3 is 4.57 Å². The Morgan fingerprint density at radius 2 is 1.96 bits per heavy atom. The minimum atomic E-state index is -0.359. The molecule has 1 aliphatic carbocycles. The van der Waals surface area contributed by atoms with Gasteiger partial charge in [-0.1, -0.05) is 0 Å². The smallest absolute Gasteiger partial charge is 0.323 e. The fourth-order valence-corrected chi connectivity index (χ4v) is 4.87. The molecule has 9 heteroatoms. The Morgan fingerprint density at radius 3 is 2.74 bits per heavy atom. The highest BCUT2D eigenvalue weighted by Gasteiger charge is 2.17. The van der Waals surface area contributed by atoms with Gasteiger partial charge in [0.15, 0.2) is 11.2 Å². The zero-order chi connectivity index (χ0) is 19.1. The van der Waals surface area contributed by atoms with Crippen molar-refractivity contribution in [3.8, 4) is 0 Å². The molecule has 0 atom stereocenters. The van der Waals surface area contributed by atoms with E-state index in [1.54, 1.807) is 13.4 Å². The number of nitrogens with zero attached hydrogens (tertiary/aromatic N) is 6. The summed E-state index contributed by atoms with van der Waals surface area (Å²) in [6.07, 6.45) is 6.44. The summed E-state index contributed by atoms with van der Waals surface area (Å²) < 4.78 is 4.38. The summed E-state index contributed by atoms with van der Waals surface area (Å²) in [5.41, 5.74) is 1.53. The van der Waals surface area contributed by atoms with Crippen LogP contribution in [0.3, 0.4) is 0 Å². The maximum Gasteiger partial charge on any atom is 0.332 e. The SMILES string of the molecule is CN(CCn1cnc2c1c(=O)n(C)c(=O)n2C)Cc1nc2c(s1)CCCC2. The molecule has 144 valence electrons. The van der Waals surface area contributed by atoms with Gasteiger partial charge in [0.1, 0.15) is 5.01 Å². The van der Waals surface area contributed by atoms with Crippen molar-refractivity contribution in [2.45, 2.75) is 38.8 Å². The van der Waals surface area contributed by atoms with Crippen molar-refractivity contribution >= 4 is 22.5 Å². The highest BCUT2D eigenvalue weighted by Crippen LogP contribution is 2.27. The number of hydrogen-bond donors (Lipinski definition) is 0. The number of rotatable bonds is 5. The van der Waals surface area contributed by atoms with Gasteiger partial charge in [0.05, 0.1) is 18.6 Å². The van der Waals surface area contributed by atoms with Gasteiger partial charge in [-0.2, -0.15) is 0 Å². The molecule has 0 bridgehead atoms. The highest BCUT2D eigenvalue weighted by molar-refractivity contribution is 7.11. The summed E-state index contributed by atoms with van der Waals surface area (Å²) >= 11 is 1.83. The lowest BCUT2D eigenvalue weighted by molar-refractivity contribution is 0.312. The van der Waals surface area contributed by atoms with Crippen molar-refractivity contribution < 1.29 is 0 Å². The van der Waals surface area contributed by atoms with E-state index in [2.05, 4.69) is 16.9 Å². The van der Waals surface area contributed by atoms with Crippen LogP contribution in [0.2, 0.25) is 0 Å². The molecule has 3 heterocycles. The Morgan fingerprint density at radius 1 is 1.19 bits per heavy atom. The minimum absolute atomic E-state index is 0.305. The van der Waals surface area contributed by atoms with Crippen molar-refractivity contribution in [1.82, 2.24) is 28.6 Å². The van der Waals surface area contributed by atoms with E-state index in [0.717, 1.165) is 29.1 Å². The maximum absolute atomic E-state index is 12.5. The average Bonchev–Trinajstić information content (AvgIpc) is 3.26. The van der Waals surface area contributed by atoms with E-state index in [9.17, 15) is 9.59 Å². The first-order chi connectivity index (χ1) is 13.0. The van der Waals surface area contributed by atoms with Crippen LogP contribution in [0.5, 0.6) is 0 Å². The van der Waals surface area contributed by atoms with E-state index in [1.165, 1.54) is 41.4 Å². The fourth-order valence-electron chi connectivity index (χ4n) is 3.63. The molecule has 4 rings (SSSR count). The summed E-state index contributed by atoms with van der Waals surface area (Å²) in [6, 6.07) is 0. The molecule has 0 N–H and O–H groups in total. The first-order valence-corrected chi connectivity index (χ1v) is 10.0. The molecule has 0 aromatic carbocycles. The molecule has 3 aromatic heterocycles. The molecule has 1 aliphatic rings. The second-order valence-corrected chi connectivity index (χ2v) is 8.41. The summed E-state index contributed by atoms with van der Waals surface area (Å²) in [7, 11) is 5.20. The molecule has 0 radical (unpaired) electrons. The van der Waals surface area contributed by atoms with Gasteiger partial charge in [-0.15, -0.1) is 11.3 Å². The predicted octanol–water partition coefficient (Wildman–Crippen LogP) is 0.901. The Hall–Kier alpha value is -2.26. The quantitative estimate of drug-likeness (QED) is 0.649. The third-order valence-corrected chi connectivity index (χ3v) is 6.38. The Kier molecular flexibility index (Phi) is 4.73. The zero-order valence-electron chi connectivity index (χ0n) is 15.9. The standard InChI is InChI=1S/C18H24N6O2S/c1-21(10-14-20-12-6-4-5-7-13(12)27-14)8-9-24-11-19-16-15(24)17(25)23(3)18(26)22(16)2/h11H,4-10H2,1-3H3. The molecule has 8 nitrogen and oxygen atoms in total. The van der Waals surface area contributed by atoms with E-state index >= 15 is 0 Å². The monoisotopic (exact) mass is 388 g/mol. The van der Waals surface area contributed by atoms with Gasteiger partial charge in [0, 0.05) is 32.1 Å². The van der Waals surface area contributed by atoms with Crippen LogP contribution in [0.15, 0.2) is 15.9 Å². The zero-order valence-corrected chi connectivity index (χ0v) is 16.8. The molecule has 3 aromatic rings. The Balaban J connectivity index is 1.49. The molecular weight excluding hydrogens is 364 g/mol. The highest BCUT2D eigenvalue weighted by atomic mass is 32.1. The van der Waals surface area contributed by atoms with Crippen molar-refractivity contribution in [3.05, 3.63) is 42.7 Å². The average molecular weight is 388 g/mol. The topological polar surface area (TPSA) is 78.0 Å². The second kappa shape index (κ2) is 7.05. The van der Waals surface area contributed by atoms with E-state index in [0.29, 0.717) is 17.7 Å². The van der Waals surface area contributed by atoms with Crippen molar-refractivity contribution in [3.63, 3.8) is 0 Å². The molecule has 0 amide bonds. The number of imidazole rings is 1. The Bertz CT molecular complexity index is 1080. The predicted molar refractivity (Wildman–Crippen MR) is 105 cm³/mol. The van der Waals surface area contributed by atoms with Gasteiger partial charge in [-0.3, -0.25) is 18.8 Å². The molecule has 0 saturated carbocycles. The van der Waals surface area contributed by atoms with Crippen LogP contribution < -0.4 is 11.2 Å². The second-order valence-electron chi connectivity index (χ2n) is 7.24. The van der Waals surface area contributed by atoms with Crippen LogP contribution in [-0.4, -0.2) is 42.2 Å². The summed E-state index contributed by atoms with van der Waals surface area (Å²) in [5.74, 6) is 0. The van der Waals surface area contributed by atoms with Crippen molar-refractivity contribution in [2.75, 3.05) is 13.6 Å². The number of thiazole rings is 1. The molecule has 0 saturated heterocycles. The number of likely N-dealkylation sites (N-methyl/N-ethyl adjacent to an activating group) is 1. The lowest BCUT2D eigenvalue weighted by Gasteiger charge is -2.15. The van der Waals surface area contributed by atoms with Crippen LogP contribution in [0.25, 0.3) is 11.2 Å². The van der Waals surface area contributed by atoms with Crippen LogP contribution in [0.4, 0.5) is 0 Å². The van der Waals surface area contributed by atoms with Gasteiger partial charge in [-0.05, 0) is 32.7 Å². The number of aryl methyl sites for hydroxylation is 3.